The van der Waals surface area contributed by atoms with E-state index < -0.39 is 5.97 Å². The van der Waals surface area contributed by atoms with Gasteiger partial charge in [0.15, 0.2) is 5.70 Å². The van der Waals surface area contributed by atoms with E-state index in [1.54, 1.807) is 44.2 Å². The molecular formula is C24H19NO4. The zero-order valence-electron chi connectivity index (χ0n) is 16.1. The monoisotopic (exact) mass is 385 g/mol. The number of cyclic esters (lactones) is 1. The van der Waals surface area contributed by atoms with E-state index in [2.05, 4.69) is 4.99 Å². The molecule has 0 radical (unpaired) electrons. The fourth-order valence-corrected chi connectivity index (χ4v) is 2.88. The van der Waals surface area contributed by atoms with Gasteiger partial charge in [-0.3, -0.25) is 4.79 Å². The predicted octanol–water partition coefficient (Wildman–Crippen LogP) is 4.75. The minimum atomic E-state index is -0.497. The number of aliphatic imine (C=N–C) groups is 1. The summed E-state index contributed by atoms with van der Waals surface area (Å²) >= 11 is 0. The van der Waals surface area contributed by atoms with Crippen molar-refractivity contribution in [1.82, 2.24) is 0 Å². The van der Waals surface area contributed by atoms with Gasteiger partial charge in [-0.1, -0.05) is 56.3 Å². The van der Waals surface area contributed by atoms with E-state index in [-0.39, 0.29) is 23.5 Å². The lowest BCUT2D eigenvalue weighted by molar-refractivity contribution is -0.137. The molecule has 144 valence electrons. The SMILES string of the molecule is CC(C)C(=O)Oc1ccc(/C=C2\N=C(c3ccc4ccccc4c3)OC2=O)cc1. The molecule has 1 aliphatic rings. The van der Waals surface area contributed by atoms with Crippen LogP contribution in [0.3, 0.4) is 0 Å². The molecule has 1 aliphatic heterocycles. The van der Waals surface area contributed by atoms with Gasteiger partial charge in [0.1, 0.15) is 5.75 Å². The van der Waals surface area contributed by atoms with E-state index in [9.17, 15) is 9.59 Å². The van der Waals surface area contributed by atoms with Gasteiger partial charge < -0.3 is 9.47 Å². The maximum Gasteiger partial charge on any atom is 0.363 e. The van der Waals surface area contributed by atoms with E-state index >= 15 is 0 Å². The Labute approximate surface area is 168 Å². The number of hydrogen-bond acceptors (Lipinski definition) is 5. The molecule has 5 nitrogen and oxygen atoms in total. The molecule has 1 heterocycles. The van der Waals surface area contributed by atoms with Crippen LogP contribution in [0.4, 0.5) is 0 Å². The number of ether oxygens (including phenoxy) is 2. The second kappa shape index (κ2) is 7.72. The highest BCUT2D eigenvalue weighted by molar-refractivity contribution is 6.13. The smallest absolute Gasteiger partial charge is 0.363 e. The Morgan fingerprint density at radius 1 is 1.00 bits per heavy atom. The maximum atomic E-state index is 12.2. The molecule has 0 spiro atoms. The molecule has 4 rings (SSSR count). The summed E-state index contributed by atoms with van der Waals surface area (Å²) in [6.45, 7) is 3.55. The van der Waals surface area contributed by atoms with E-state index in [0.717, 1.165) is 21.9 Å². The lowest BCUT2D eigenvalue weighted by Gasteiger charge is -2.06. The highest BCUT2D eigenvalue weighted by atomic mass is 16.6. The first kappa shape index (κ1) is 18.6. The molecule has 0 atom stereocenters. The van der Waals surface area contributed by atoms with Crippen molar-refractivity contribution in [2.45, 2.75) is 13.8 Å². The molecule has 0 unspecified atom stereocenters. The molecule has 5 heteroatoms. The molecule has 0 aliphatic carbocycles. The van der Waals surface area contributed by atoms with Gasteiger partial charge in [0.2, 0.25) is 5.90 Å². The Morgan fingerprint density at radius 2 is 1.72 bits per heavy atom. The van der Waals surface area contributed by atoms with E-state index in [0.29, 0.717) is 5.75 Å². The number of rotatable bonds is 4. The standard InChI is InChI=1S/C24H19NO4/c1-15(2)23(26)28-20-11-7-16(8-12-20)13-21-24(27)29-22(25-21)19-10-9-17-5-3-4-6-18(17)14-19/h3-15H,1-2H3/b21-13-. The molecule has 3 aromatic rings. The van der Waals surface area contributed by atoms with Gasteiger partial charge in [-0.05, 0) is 46.7 Å². The molecular weight excluding hydrogens is 366 g/mol. The fourth-order valence-electron chi connectivity index (χ4n) is 2.88. The average Bonchev–Trinajstić information content (AvgIpc) is 3.09. The summed E-state index contributed by atoms with van der Waals surface area (Å²) in [5, 5.41) is 2.16. The number of benzene rings is 3. The lowest BCUT2D eigenvalue weighted by Crippen LogP contribution is -2.14. The van der Waals surface area contributed by atoms with Crippen LogP contribution in [0.15, 0.2) is 77.4 Å². The van der Waals surface area contributed by atoms with E-state index in [1.165, 1.54) is 0 Å². The summed E-state index contributed by atoms with van der Waals surface area (Å²) in [7, 11) is 0. The van der Waals surface area contributed by atoms with Gasteiger partial charge >= 0.3 is 11.9 Å². The molecule has 0 bridgehead atoms. The summed E-state index contributed by atoms with van der Waals surface area (Å²) in [6.07, 6.45) is 1.64. The zero-order chi connectivity index (χ0) is 20.4. The number of fused-ring (bicyclic) bond motifs is 1. The third-order valence-corrected chi connectivity index (χ3v) is 4.49. The van der Waals surface area contributed by atoms with E-state index in [4.69, 9.17) is 9.47 Å². The van der Waals surface area contributed by atoms with E-state index in [1.807, 2.05) is 42.5 Å². The molecule has 0 N–H and O–H groups in total. The predicted molar refractivity (Wildman–Crippen MR) is 111 cm³/mol. The third kappa shape index (κ3) is 4.09. The van der Waals surface area contributed by atoms with Gasteiger partial charge in [-0.15, -0.1) is 0 Å². The molecule has 0 aromatic heterocycles. The van der Waals surface area contributed by atoms with Crippen LogP contribution in [0.1, 0.15) is 25.0 Å². The van der Waals surface area contributed by atoms with Crippen LogP contribution in [-0.2, 0) is 14.3 Å². The van der Waals surface area contributed by atoms with Crippen molar-refractivity contribution in [3.05, 3.63) is 83.6 Å². The van der Waals surface area contributed by atoms with Gasteiger partial charge in [0.25, 0.3) is 0 Å². The minimum Gasteiger partial charge on any atom is -0.426 e. The van der Waals surface area contributed by atoms with Crippen LogP contribution in [-0.4, -0.2) is 17.8 Å². The van der Waals surface area contributed by atoms with Crippen molar-refractivity contribution >= 4 is 34.7 Å². The normalized spacial score (nSPS) is 14.9. The minimum absolute atomic E-state index is 0.201. The van der Waals surface area contributed by atoms with Crippen LogP contribution in [0, 0.1) is 5.92 Å². The summed E-state index contributed by atoms with van der Waals surface area (Å²) in [4.78, 5) is 28.3. The summed E-state index contributed by atoms with van der Waals surface area (Å²) < 4.78 is 10.6. The summed E-state index contributed by atoms with van der Waals surface area (Å²) in [5.41, 5.74) is 1.72. The van der Waals surface area contributed by atoms with Gasteiger partial charge in [0, 0.05) is 5.56 Å². The number of carbonyl (C=O) groups excluding carboxylic acids is 2. The van der Waals surface area contributed by atoms with Gasteiger partial charge in [-0.2, -0.15) is 0 Å². The maximum absolute atomic E-state index is 12.2. The first-order valence-corrected chi connectivity index (χ1v) is 9.33. The Hall–Kier alpha value is -3.73. The van der Waals surface area contributed by atoms with Crippen molar-refractivity contribution in [2.75, 3.05) is 0 Å². The zero-order valence-corrected chi connectivity index (χ0v) is 16.1. The van der Waals surface area contributed by atoms with Crippen molar-refractivity contribution in [3.8, 4) is 5.75 Å². The first-order chi connectivity index (χ1) is 14.0. The van der Waals surface area contributed by atoms with Crippen molar-refractivity contribution in [1.29, 1.82) is 0 Å². The second-order valence-electron chi connectivity index (χ2n) is 7.04. The number of esters is 2. The van der Waals surface area contributed by atoms with Crippen molar-refractivity contribution in [3.63, 3.8) is 0 Å². The van der Waals surface area contributed by atoms with Crippen LogP contribution in [0.2, 0.25) is 0 Å². The number of nitrogens with zero attached hydrogens (tertiary/aromatic N) is 1. The second-order valence-corrected chi connectivity index (χ2v) is 7.04. The quantitative estimate of drug-likeness (QED) is 0.369. The Bertz CT molecular complexity index is 1160. The van der Waals surface area contributed by atoms with Crippen LogP contribution >= 0.6 is 0 Å². The summed E-state index contributed by atoms with van der Waals surface area (Å²) in [5.74, 6) is -0.244. The largest absolute Gasteiger partial charge is 0.426 e. The molecule has 0 fully saturated rings. The molecule has 3 aromatic carbocycles. The van der Waals surface area contributed by atoms with Gasteiger partial charge in [0.05, 0.1) is 5.92 Å². The third-order valence-electron chi connectivity index (χ3n) is 4.49. The molecule has 0 amide bonds. The highest BCUT2D eigenvalue weighted by Crippen LogP contribution is 2.23. The Kier molecular flexibility index (Phi) is 4.96. The highest BCUT2D eigenvalue weighted by Gasteiger charge is 2.24. The molecule has 0 saturated heterocycles. The number of carbonyl (C=O) groups is 2. The fraction of sp³-hybridized carbons (Fsp3) is 0.125. The van der Waals surface area contributed by atoms with Crippen LogP contribution in [0.25, 0.3) is 16.8 Å². The first-order valence-electron chi connectivity index (χ1n) is 9.33. The lowest BCUT2D eigenvalue weighted by atomic mass is 10.1. The molecule has 0 saturated carbocycles. The average molecular weight is 385 g/mol. The van der Waals surface area contributed by atoms with Crippen LogP contribution < -0.4 is 4.74 Å². The summed E-state index contributed by atoms with van der Waals surface area (Å²) in [6, 6.07) is 20.6. The molecule has 29 heavy (non-hydrogen) atoms. The van der Waals surface area contributed by atoms with Crippen LogP contribution in [0.5, 0.6) is 5.75 Å². The van der Waals surface area contributed by atoms with Crippen molar-refractivity contribution in [2.24, 2.45) is 10.9 Å². The Morgan fingerprint density at radius 3 is 2.45 bits per heavy atom. The Balaban J connectivity index is 1.56. The van der Waals surface area contributed by atoms with Crippen molar-refractivity contribution < 1.29 is 19.1 Å². The topological polar surface area (TPSA) is 65.0 Å². The number of hydrogen-bond donors (Lipinski definition) is 0. The van der Waals surface area contributed by atoms with Gasteiger partial charge in [-0.25, -0.2) is 9.79 Å².